The number of aromatic nitrogens is 3. The van der Waals surface area contributed by atoms with E-state index in [2.05, 4.69) is 25.4 Å². The van der Waals surface area contributed by atoms with E-state index in [1.165, 1.54) is 23.0 Å². The Morgan fingerprint density at radius 3 is 2.72 bits per heavy atom. The highest BCUT2D eigenvalue weighted by molar-refractivity contribution is 6.39. The number of nitrogens with zero attached hydrogens (tertiary/aromatic N) is 5. The maximum Gasteiger partial charge on any atom is 0.183 e. The van der Waals surface area contributed by atoms with Gasteiger partial charge in [0.2, 0.25) is 0 Å². The van der Waals surface area contributed by atoms with E-state index in [0.717, 1.165) is 0 Å². The average molecular weight is 343 g/mol. The number of aliphatic imine (C=N–C) groups is 1. The van der Waals surface area contributed by atoms with Gasteiger partial charge in [0.15, 0.2) is 17.5 Å². The Morgan fingerprint density at radius 2 is 2.00 bits per heavy atom. The van der Waals surface area contributed by atoms with E-state index in [-0.39, 0.29) is 41.7 Å². The molecule has 0 bridgehead atoms. The van der Waals surface area contributed by atoms with Gasteiger partial charge in [0.1, 0.15) is 11.2 Å². The normalized spacial score (nSPS) is 14.3. The number of nitrogens with one attached hydrogen (secondary N) is 2. The highest BCUT2D eigenvalue weighted by atomic mass is 16.3. The summed E-state index contributed by atoms with van der Waals surface area (Å²) >= 11 is 0. The van der Waals surface area contributed by atoms with Crippen LogP contribution in [0.2, 0.25) is 0 Å². The average Bonchev–Trinajstić information content (AvgIpc) is 2.98. The van der Waals surface area contributed by atoms with Crippen molar-refractivity contribution < 1.29 is 10.2 Å². The molecule has 0 aliphatic carbocycles. The summed E-state index contributed by atoms with van der Waals surface area (Å²) in [5.41, 5.74) is 12.8. The zero-order valence-corrected chi connectivity index (χ0v) is 13.1. The van der Waals surface area contributed by atoms with Gasteiger partial charge in [0.05, 0.1) is 36.8 Å². The Labute approximate surface area is 141 Å². The lowest BCUT2D eigenvalue weighted by atomic mass is 10.3. The van der Waals surface area contributed by atoms with Gasteiger partial charge in [-0.15, -0.1) is 0 Å². The van der Waals surface area contributed by atoms with Crippen LogP contribution in [0.5, 0.6) is 0 Å². The van der Waals surface area contributed by atoms with Crippen molar-refractivity contribution >= 4 is 34.9 Å². The third kappa shape index (κ3) is 3.32. The van der Waals surface area contributed by atoms with Gasteiger partial charge in [-0.2, -0.15) is 5.10 Å². The predicted octanol–water partition coefficient (Wildman–Crippen LogP) is -1.34. The minimum atomic E-state index is -0.615. The molecule has 1 aliphatic heterocycles. The second-order valence-electron chi connectivity index (χ2n) is 5.27. The van der Waals surface area contributed by atoms with Crippen LogP contribution in [0.15, 0.2) is 28.4 Å². The summed E-state index contributed by atoms with van der Waals surface area (Å²) in [7, 11) is 0. The molecule has 25 heavy (non-hydrogen) atoms. The van der Waals surface area contributed by atoms with Gasteiger partial charge in [-0.3, -0.25) is 5.41 Å². The molecule has 2 aromatic rings. The van der Waals surface area contributed by atoms with Crippen LogP contribution in [0.1, 0.15) is 5.82 Å². The first-order chi connectivity index (χ1) is 12.0. The summed E-state index contributed by atoms with van der Waals surface area (Å²) in [6.45, 7) is -0.586. The van der Waals surface area contributed by atoms with Crippen LogP contribution in [-0.2, 0) is 0 Å². The van der Waals surface area contributed by atoms with Gasteiger partial charge in [0.25, 0.3) is 0 Å². The first-order valence-electron chi connectivity index (χ1n) is 7.33. The van der Waals surface area contributed by atoms with Crippen molar-refractivity contribution in [1.82, 2.24) is 14.6 Å². The van der Waals surface area contributed by atoms with Gasteiger partial charge in [-0.05, 0) is 6.07 Å². The fourth-order valence-electron chi connectivity index (χ4n) is 2.13. The SMILES string of the molecule is N=c1ccn2c(n1)C(=Nc1nc(NC(CO)CO)c(N)cc1N)C=N2. The van der Waals surface area contributed by atoms with Crippen molar-refractivity contribution in [2.75, 3.05) is 30.0 Å². The molecule has 0 radical (unpaired) electrons. The molecule has 3 rings (SSSR count). The molecule has 3 heterocycles. The molecule has 0 atom stereocenters. The van der Waals surface area contributed by atoms with E-state index in [9.17, 15) is 10.2 Å². The number of nitrogens with two attached hydrogens (primary N) is 2. The van der Waals surface area contributed by atoms with E-state index >= 15 is 0 Å². The van der Waals surface area contributed by atoms with Crippen LogP contribution in [0.25, 0.3) is 0 Å². The molecule has 0 saturated carbocycles. The zero-order chi connectivity index (χ0) is 18.0. The molecule has 11 heteroatoms. The first-order valence-corrected chi connectivity index (χ1v) is 7.33. The molecule has 0 fully saturated rings. The second kappa shape index (κ2) is 6.67. The number of pyridine rings is 1. The van der Waals surface area contributed by atoms with Crippen LogP contribution < -0.4 is 22.3 Å². The highest BCUT2D eigenvalue weighted by Crippen LogP contribution is 2.28. The Balaban J connectivity index is 2.00. The Morgan fingerprint density at radius 1 is 1.24 bits per heavy atom. The van der Waals surface area contributed by atoms with E-state index < -0.39 is 6.04 Å². The van der Waals surface area contributed by atoms with Crippen LogP contribution in [-0.4, -0.2) is 56.0 Å². The van der Waals surface area contributed by atoms with Crippen molar-refractivity contribution in [2.45, 2.75) is 6.04 Å². The topological polar surface area (TPSA) is 184 Å². The molecule has 0 aromatic carbocycles. The molecule has 1 aliphatic rings. The molecular weight excluding hydrogens is 326 g/mol. The number of nitrogen functional groups attached to an aromatic ring is 2. The summed E-state index contributed by atoms with van der Waals surface area (Å²) in [6, 6.07) is 2.37. The quantitative estimate of drug-likeness (QED) is 0.388. The van der Waals surface area contributed by atoms with Crippen molar-refractivity contribution in [2.24, 2.45) is 10.1 Å². The number of rotatable bonds is 5. The van der Waals surface area contributed by atoms with Crippen molar-refractivity contribution in [3.63, 3.8) is 0 Å². The van der Waals surface area contributed by atoms with Crippen LogP contribution in [0, 0.1) is 5.41 Å². The van der Waals surface area contributed by atoms with Gasteiger partial charge < -0.3 is 27.0 Å². The molecule has 11 nitrogen and oxygen atoms in total. The fourth-order valence-corrected chi connectivity index (χ4v) is 2.13. The molecule has 0 amide bonds. The lowest BCUT2D eigenvalue weighted by Gasteiger charge is -2.16. The van der Waals surface area contributed by atoms with E-state index in [1.54, 1.807) is 6.20 Å². The number of hydrogen-bond donors (Lipinski definition) is 6. The lowest BCUT2D eigenvalue weighted by Crippen LogP contribution is -2.28. The van der Waals surface area contributed by atoms with Crippen molar-refractivity contribution in [3.8, 4) is 0 Å². The number of anilines is 3. The zero-order valence-electron chi connectivity index (χ0n) is 13.1. The standard InChI is InChI=1S/C14H17N9O2/c15-8-3-9(16)13(22-12(8)19-7(5-24)6-25)20-10-4-18-23-2-1-11(17)21-14(10)23/h1-4,7,17,24-25H,5-6,15-16H2,(H,19,22). The van der Waals surface area contributed by atoms with Gasteiger partial charge >= 0.3 is 0 Å². The Hall–Kier alpha value is -3.31. The monoisotopic (exact) mass is 343 g/mol. The number of aliphatic hydroxyl groups excluding tert-OH is 2. The largest absolute Gasteiger partial charge is 0.396 e. The van der Waals surface area contributed by atoms with Crippen LogP contribution in [0.4, 0.5) is 23.0 Å². The van der Waals surface area contributed by atoms with Gasteiger partial charge in [-0.1, -0.05) is 0 Å². The summed E-state index contributed by atoms with van der Waals surface area (Å²) in [5, 5.41) is 32.9. The van der Waals surface area contributed by atoms with Gasteiger partial charge in [-0.25, -0.2) is 19.6 Å². The fraction of sp³-hybridized carbons (Fsp3) is 0.214. The van der Waals surface area contributed by atoms with Gasteiger partial charge in [0, 0.05) is 12.3 Å². The maximum atomic E-state index is 9.18. The smallest absolute Gasteiger partial charge is 0.183 e. The van der Waals surface area contributed by atoms with Crippen LogP contribution in [0.3, 0.4) is 0 Å². The Kier molecular flexibility index (Phi) is 4.41. The summed E-state index contributed by atoms with van der Waals surface area (Å²) in [5.74, 6) is 0.814. The van der Waals surface area contributed by atoms with Crippen molar-refractivity contribution in [1.29, 1.82) is 5.41 Å². The molecule has 0 unspecified atom stereocenters. The lowest BCUT2D eigenvalue weighted by molar-refractivity contribution is 0.203. The number of fused-ring (bicyclic) bond motifs is 1. The number of hydrogen-bond acceptors (Lipinski definition) is 10. The molecule has 130 valence electrons. The minimum Gasteiger partial charge on any atom is -0.396 e. The molecule has 0 saturated heterocycles. The summed E-state index contributed by atoms with van der Waals surface area (Å²) in [4.78, 5) is 12.7. The number of aliphatic hydroxyl groups is 2. The van der Waals surface area contributed by atoms with E-state index in [0.29, 0.717) is 11.5 Å². The first kappa shape index (κ1) is 16.5. The van der Waals surface area contributed by atoms with Crippen molar-refractivity contribution in [3.05, 3.63) is 29.6 Å². The second-order valence-corrected chi connectivity index (χ2v) is 5.27. The third-order valence-electron chi connectivity index (χ3n) is 3.42. The molecule has 2 aromatic heterocycles. The summed E-state index contributed by atoms with van der Waals surface area (Å²) < 4.78 is 1.48. The maximum absolute atomic E-state index is 9.18. The highest BCUT2D eigenvalue weighted by Gasteiger charge is 2.17. The third-order valence-corrected chi connectivity index (χ3v) is 3.42. The van der Waals surface area contributed by atoms with Crippen LogP contribution >= 0.6 is 0 Å². The minimum absolute atomic E-state index is 0.0822. The van der Waals surface area contributed by atoms with E-state index in [1.807, 2.05) is 0 Å². The molecular formula is C14H17N9O2. The molecule has 0 spiro atoms. The Bertz CT molecular complexity index is 915. The molecule has 8 N–H and O–H groups in total. The summed E-state index contributed by atoms with van der Waals surface area (Å²) in [6.07, 6.45) is 3.08. The van der Waals surface area contributed by atoms with E-state index in [4.69, 9.17) is 16.9 Å². The predicted molar refractivity (Wildman–Crippen MR) is 92.8 cm³/mol.